The summed E-state index contributed by atoms with van der Waals surface area (Å²) in [6.07, 6.45) is -0.775. The number of carbonyl (C=O) groups is 1. The SMILES string of the molecule is [2H][C@@H](O)[C@H]([15NH]C(=O)OC(C)(C)C)C12OCC(C)(CO1)CO2. The highest BCUT2D eigenvalue weighted by Gasteiger charge is 2.55. The highest BCUT2D eigenvalue weighted by atomic mass is 16.9. The van der Waals surface area contributed by atoms with E-state index >= 15 is 0 Å². The summed E-state index contributed by atoms with van der Waals surface area (Å²) in [5, 5.41) is 12.0. The monoisotopic (exact) mass is 291 g/mol. The van der Waals surface area contributed by atoms with Crippen molar-refractivity contribution < 1.29 is 30.2 Å². The third kappa shape index (κ3) is 3.22. The third-order valence-corrected chi connectivity index (χ3v) is 3.07. The number of alkyl carbamates (subject to hydrolysis) is 1. The zero-order chi connectivity index (χ0) is 15.9. The quantitative estimate of drug-likeness (QED) is 0.741. The summed E-state index contributed by atoms with van der Waals surface area (Å²) in [6.45, 7) is 6.52. The number of rotatable bonds is 3. The Balaban J connectivity index is 2.08. The zero-order valence-electron chi connectivity index (χ0n) is 13.3. The van der Waals surface area contributed by atoms with Gasteiger partial charge in [0.25, 0.3) is 0 Å². The van der Waals surface area contributed by atoms with Crippen molar-refractivity contribution in [1.82, 2.24) is 5.32 Å². The molecule has 2 atom stereocenters. The first kappa shape index (κ1) is 14.1. The highest BCUT2D eigenvalue weighted by molar-refractivity contribution is 5.68. The lowest BCUT2D eigenvalue weighted by Gasteiger charge is -2.52. The van der Waals surface area contributed by atoms with Crippen molar-refractivity contribution in [3.63, 3.8) is 0 Å². The lowest BCUT2D eigenvalue weighted by molar-refractivity contribution is -0.474. The fourth-order valence-electron chi connectivity index (χ4n) is 2.00. The molecule has 20 heavy (non-hydrogen) atoms. The molecule has 7 heteroatoms. The van der Waals surface area contributed by atoms with Gasteiger partial charge in [0.2, 0.25) is 0 Å². The van der Waals surface area contributed by atoms with Crippen LogP contribution in [-0.4, -0.2) is 55.2 Å². The second-order valence-corrected chi connectivity index (χ2v) is 6.55. The maximum absolute atomic E-state index is 11.9. The van der Waals surface area contributed by atoms with E-state index in [2.05, 4.69) is 5.32 Å². The van der Waals surface area contributed by atoms with Crippen molar-refractivity contribution in [3.05, 3.63) is 0 Å². The topological polar surface area (TPSA) is 86.3 Å². The van der Waals surface area contributed by atoms with Crippen LogP contribution in [0.25, 0.3) is 0 Å². The summed E-state index contributed by atoms with van der Waals surface area (Å²) in [5.41, 5.74) is -0.940. The number of nitrogens with one attached hydrogen (secondary N) is 1. The molecular weight excluding hydrogens is 267 g/mol. The van der Waals surface area contributed by atoms with Gasteiger partial charge in [-0.05, 0) is 20.8 Å². The van der Waals surface area contributed by atoms with Gasteiger partial charge in [0.1, 0.15) is 11.6 Å². The zero-order valence-corrected chi connectivity index (χ0v) is 12.3. The van der Waals surface area contributed by atoms with Crippen molar-refractivity contribution in [2.45, 2.75) is 45.3 Å². The van der Waals surface area contributed by atoms with Crippen LogP contribution in [0.5, 0.6) is 0 Å². The van der Waals surface area contributed by atoms with Gasteiger partial charge in [-0.15, -0.1) is 0 Å². The van der Waals surface area contributed by atoms with Crippen LogP contribution in [0.15, 0.2) is 0 Å². The number of aliphatic hydroxyl groups excluding tert-OH is 1. The molecule has 7 nitrogen and oxygen atoms in total. The molecule has 0 radical (unpaired) electrons. The number of hydrogen-bond donors (Lipinski definition) is 2. The van der Waals surface area contributed by atoms with Crippen molar-refractivity contribution in [1.29, 1.82) is 0 Å². The van der Waals surface area contributed by atoms with Crippen molar-refractivity contribution >= 4 is 6.09 Å². The summed E-state index contributed by atoms with van der Waals surface area (Å²) in [6, 6.07) is -1.21. The fraction of sp³-hybridized carbons (Fsp3) is 0.923. The van der Waals surface area contributed by atoms with Gasteiger partial charge in [-0.3, -0.25) is 0 Å². The molecule has 3 saturated heterocycles. The van der Waals surface area contributed by atoms with Gasteiger partial charge >= 0.3 is 12.1 Å². The average molecular weight is 291 g/mol. The molecule has 1 amide bonds. The molecule has 3 aliphatic rings. The summed E-state index contributed by atoms with van der Waals surface area (Å²) in [7, 11) is 0. The first-order valence-electron chi connectivity index (χ1n) is 7.15. The van der Waals surface area contributed by atoms with E-state index < -0.39 is 30.3 Å². The van der Waals surface area contributed by atoms with Gasteiger partial charge in [-0.2, -0.15) is 0 Å². The van der Waals surface area contributed by atoms with Crippen LogP contribution in [0.2, 0.25) is 0 Å². The van der Waals surface area contributed by atoms with Gasteiger partial charge in [0.05, 0.1) is 27.8 Å². The van der Waals surface area contributed by atoms with Gasteiger partial charge in [-0.1, -0.05) is 6.92 Å². The second-order valence-electron chi connectivity index (χ2n) is 6.55. The first-order chi connectivity index (χ1) is 9.55. The van der Waals surface area contributed by atoms with Gasteiger partial charge in [0.15, 0.2) is 0 Å². The average Bonchev–Trinajstić information content (AvgIpc) is 2.35. The minimum Gasteiger partial charge on any atom is -0.444 e. The number of hydrogen-bond acceptors (Lipinski definition) is 6. The molecule has 0 aromatic heterocycles. The Morgan fingerprint density at radius 1 is 1.40 bits per heavy atom. The lowest BCUT2D eigenvalue weighted by atomic mass is 9.91. The van der Waals surface area contributed by atoms with Gasteiger partial charge in [0, 0.05) is 5.41 Å². The highest BCUT2D eigenvalue weighted by Crippen LogP contribution is 2.39. The van der Waals surface area contributed by atoms with Crippen LogP contribution in [-0.2, 0) is 18.9 Å². The summed E-state index contributed by atoms with van der Waals surface area (Å²) in [5.74, 6) is -1.64. The van der Waals surface area contributed by atoms with E-state index in [1.807, 2.05) is 6.92 Å². The van der Waals surface area contributed by atoms with E-state index in [0.29, 0.717) is 19.8 Å². The lowest BCUT2D eigenvalue weighted by Crippen LogP contribution is -2.68. The smallest absolute Gasteiger partial charge is 0.408 e. The molecule has 2 bridgehead atoms. The second kappa shape index (κ2) is 5.14. The summed E-state index contributed by atoms with van der Waals surface area (Å²) < 4.78 is 29.2. The van der Waals surface area contributed by atoms with E-state index in [1.165, 1.54) is 0 Å². The Labute approximate surface area is 119 Å². The minimum atomic E-state index is -1.68. The van der Waals surface area contributed by atoms with Crippen molar-refractivity contribution in [2.75, 3.05) is 26.4 Å². The number of ether oxygens (including phenoxy) is 4. The Bertz CT molecular complexity index is 383. The molecule has 0 aromatic rings. The van der Waals surface area contributed by atoms with Crippen molar-refractivity contribution in [2.24, 2.45) is 5.41 Å². The predicted octanol–water partition coefficient (Wildman–Crippen LogP) is 0.609. The molecule has 116 valence electrons. The normalized spacial score (nSPS) is 37.0. The van der Waals surface area contributed by atoms with Gasteiger partial charge < -0.3 is 29.4 Å². The van der Waals surface area contributed by atoms with Crippen LogP contribution in [0.3, 0.4) is 0 Å². The van der Waals surface area contributed by atoms with E-state index in [9.17, 15) is 9.90 Å². The molecule has 3 rings (SSSR count). The molecule has 0 saturated carbocycles. The molecular formula is C13H23NO6. The minimum absolute atomic E-state index is 0.245. The van der Waals surface area contributed by atoms with E-state index in [1.54, 1.807) is 20.8 Å². The van der Waals surface area contributed by atoms with Crippen LogP contribution in [0.4, 0.5) is 4.79 Å². The Morgan fingerprint density at radius 3 is 2.30 bits per heavy atom. The van der Waals surface area contributed by atoms with Gasteiger partial charge in [-0.25, -0.2) is 4.79 Å². The van der Waals surface area contributed by atoms with E-state index in [0.717, 1.165) is 0 Å². The Kier molecular flexibility index (Phi) is 3.62. The Morgan fingerprint density at radius 2 is 1.90 bits per heavy atom. The first-order valence-corrected chi connectivity index (χ1v) is 6.57. The van der Waals surface area contributed by atoms with E-state index in [4.69, 9.17) is 20.3 Å². The van der Waals surface area contributed by atoms with E-state index in [-0.39, 0.29) is 5.41 Å². The Hall–Kier alpha value is -0.890. The molecule has 3 heterocycles. The molecule has 3 fully saturated rings. The van der Waals surface area contributed by atoms with Crippen LogP contribution < -0.4 is 5.32 Å². The van der Waals surface area contributed by atoms with Crippen molar-refractivity contribution in [3.8, 4) is 0 Å². The fourth-order valence-corrected chi connectivity index (χ4v) is 2.00. The molecule has 0 aromatic carbocycles. The maximum Gasteiger partial charge on any atom is 0.408 e. The molecule has 0 unspecified atom stereocenters. The largest absolute Gasteiger partial charge is 0.444 e. The molecule has 0 aliphatic carbocycles. The summed E-state index contributed by atoms with van der Waals surface area (Å²) in [4.78, 5) is 11.9. The molecule has 2 N–H and O–H groups in total. The maximum atomic E-state index is 11.9. The standard InChI is InChI=1S/C13H23NO6/c1-11(2,3)20-10(16)14-9(5-15)13-17-6-12(4,7-18-13)8-19-13/h9,15H,5-8H2,1-4H3,(H,14,16)/t9-,12?,13?/m0/s1/i5D,14+1/t5-,9+,12?,13?/m1. The number of amides is 1. The third-order valence-electron chi connectivity index (χ3n) is 3.07. The predicted molar refractivity (Wildman–Crippen MR) is 68.9 cm³/mol. The van der Waals surface area contributed by atoms with Crippen LogP contribution in [0.1, 0.15) is 29.1 Å². The molecule has 0 spiro atoms. The number of carbonyl (C=O) groups excluding carboxylic acids is 1. The van der Waals surface area contributed by atoms with Crippen LogP contribution in [0, 0.1) is 5.41 Å². The number of fused-ring (bicyclic) bond motifs is 3. The molecule has 3 aliphatic heterocycles. The number of aliphatic hydroxyl groups is 1. The summed E-state index contributed by atoms with van der Waals surface area (Å²) >= 11 is 0. The van der Waals surface area contributed by atoms with Crippen LogP contribution >= 0.6 is 0 Å².